The number of unbranched alkanes of at least 4 members (excludes halogenated alkanes) is 3. The molecule has 0 atom stereocenters. The minimum absolute atomic E-state index is 0.900. The minimum atomic E-state index is 0.900. The molecule has 1 radical (unpaired) electrons. The fourth-order valence-corrected chi connectivity index (χ4v) is 0.781. The molecular weight excluding hydrogens is 120 g/mol. The molecule has 0 rings (SSSR count). The molecule has 0 aromatic carbocycles. The van der Waals surface area contributed by atoms with Gasteiger partial charge in [0.1, 0.15) is 0 Å². The molecule has 0 saturated carbocycles. The molecule has 0 heterocycles. The molecule has 0 aliphatic rings. The Morgan fingerprint density at radius 2 is 2.10 bits per heavy atom. The predicted molar refractivity (Wildman–Crippen MR) is 46.8 cm³/mol. The SMILES string of the molecule is [CH]=C(C)C=CCCCCC. The summed E-state index contributed by atoms with van der Waals surface area (Å²) in [6, 6.07) is 0. The molecule has 0 aromatic heterocycles. The van der Waals surface area contributed by atoms with Gasteiger partial charge >= 0.3 is 0 Å². The first-order chi connectivity index (χ1) is 4.77. The Labute approximate surface area is 64.6 Å². The van der Waals surface area contributed by atoms with Crippen LogP contribution in [0.5, 0.6) is 0 Å². The van der Waals surface area contributed by atoms with E-state index in [1.54, 1.807) is 0 Å². The van der Waals surface area contributed by atoms with E-state index in [4.69, 9.17) is 6.58 Å². The monoisotopic (exact) mass is 137 g/mol. The highest BCUT2D eigenvalue weighted by Gasteiger charge is 1.80. The maximum absolute atomic E-state index is 5.44. The zero-order chi connectivity index (χ0) is 7.82. The van der Waals surface area contributed by atoms with E-state index >= 15 is 0 Å². The summed E-state index contributed by atoms with van der Waals surface area (Å²) in [6.07, 6.45) is 9.20. The van der Waals surface area contributed by atoms with Crippen LogP contribution in [0.4, 0.5) is 0 Å². The molecule has 0 bridgehead atoms. The summed E-state index contributed by atoms with van der Waals surface area (Å²) in [5, 5.41) is 0. The molecule has 0 aliphatic carbocycles. The van der Waals surface area contributed by atoms with E-state index < -0.39 is 0 Å². The first-order valence-corrected chi connectivity index (χ1v) is 4.03. The molecule has 0 aromatic rings. The van der Waals surface area contributed by atoms with Crippen LogP contribution in [0.2, 0.25) is 0 Å². The maximum Gasteiger partial charge on any atom is -0.0348 e. The third-order valence-electron chi connectivity index (χ3n) is 1.36. The smallest absolute Gasteiger partial charge is 0.0348 e. The van der Waals surface area contributed by atoms with Gasteiger partial charge < -0.3 is 0 Å². The highest BCUT2D eigenvalue weighted by atomic mass is 13.9. The zero-order valence-electron chi connectivity index (χ0n) is 7.06. The van der Waals surface area contributed by atoms with Gasteiger partial charge in [-0.15, -0.1) is 0 Å². The zero-order valence-corrected chi connectivity index (χ0v) is 7.06. The molecule has 0 aliphatic heterocycles. The van der Waals surface area contributed by atoms with Gasteiger partial charge in [0, 0.05) is 0 Å². The Morgan fingerprint density at radius 3 is 2.60 bits per heavy atom. The van der Waals surface area contributed by atoms with Gasteiger partial charge in [-0.2, -0.15) is 0 Å². The van der Waals surface area contributed by atoms with Gasteiger partial charge in [-0.3, -0.25) is 0 Å². The molecule has 57 valence electrons. The van der Waals surface area contributed by atoms with E-state index in [0.29, 0.717) is 0 Å². The lowest BCUT2D eigenvalue weighted by atomic mass is 10.2. The lowest BCUT2D eigenvalue weighted by Crippen LogP contribution is -1.70. The van der Waals surface area contributed by atoms with Gasteiger partial charge in [0.15, 0.2) is 0 Å². The summed E-state index contributed by atoms with van der Waals surface area (Å²) >= 11 is 0. The molecular formula is C10H17. The number of rotatable bonds is 5. The molecule has 0 spiro atoms. The fraction of sp³-hybridized carbons (Fsp3) is 0.600. The highest BCUT2D eigenvalue weighted by molar-refractivity contribution is 5.08. The van der Waals surface area contributed by atoms with Gasteiger partial charge in [-0.25, -0.2) is 0 Å². The summed E-state index contributed by atoms with van der Waals surface area (Å²) in [6.45, 7) is 9.56. The molecule has 0 saturated heterocycles. The van der Waals surface area contributed by atoms with Gasteiger partial charge in [0.05, 0.1) is 0 Å². The summed E-state index contributed by atoms with van der Waals surface area (Å²) in [5.74, 6) is 0. The van der Waals surface area contributed by atoms with Crippen LogP contribution in [0.1, 0.15) is 39.5 Å². The number of hydrogen-bond donors (Lipinski definition) is 0. The number of allylic oxidation sites excluding steroid dienone is 3. The Kier molecular flexibility index (Phi) is 6.25. The van der Waals surface area contributed by atoms with Crippen molar-refractivity contribution >= 4 is 0 Å². The highest BCUT2D eigenvalue weighted by Crippen LogP contribution is 2.00. The molecule has 0 amide bonds. The average molecular weight is 137 g/mol. The van der Waals surface area contributed by atoms with Crippen molar-refractivity contribution in [3.8, 4) is 0 Å². The van der Waals surface area contributed by atoms with E-state index in [2.05, 4.69) is 13.0 Å². The van der Waals surface area contributed by atoms with Crippen molar-refractivity contribution in [3.63, 3.8) is 0 Å². The lowest BCUT2D eigenvalue weighted by molar-refractivity contribution is 0.729. The summed E-state index contributed by atoms with van der Waals surface area (Å²) in [4.78, 5) is 0. The summed E-state index contributed by atoms with van der Waals surface area (Å²) in [7, 11) is 0. The van der Waals surface area contributed by atoms with Gasteiger partial charge in [-0.1, -0.05) is 44.1 Å². The molecule has 0 N–H and O–H groups in total. The van der Waals surface area contributed by atoms with Crippen LogP contribution in [-0.2, 0) is 0 Å². The van der Waals surface area contributed by atoms with Crippen molar-refractivity contribution in [2.24, 2.45) is 0 Å². The van der Waals surface area contributed by atoms with Gasteiger partial charge in [-0.05, 0) is 19.8 Å². The van der Waals surface area contributed by atoms with Crippen molar-refractivity contribution in [1.82, 2.24) is 0 Å². The Morgan fingerprint density at radius 1 is 1.40 bits per heavy atom. The second kappa shape index (κ2) is 6.60. The second-order valence-corrected chi connectivity index (χ2v) is 2.64. The van der Waals surface area contributed by atoms with Crippen molar-refractivity contribution in [2.45, 2.75) is 39.5 Å². The first kappa shape index (κ1) is 9.48. The molecule has 10 heavy (non-hydrogen) atoms. The molecule has 0 nitrogen and oxygen atoms in total. The predicted octanol–water partition coefficient (Wildman–Crippen LogP) is 3.50. The van der Waals surface area contributed by atoms with Crippen LogP contribution in [0.25, 0.3) is 0 Å². The quantitative estimate of drug-likeness (QED) is 0.402. The Hall–Kier alpha value is -0.520. The number of hydrogen-bond acceptors (Lipinski definition) is 0. The third kappa shape index (κ3) is 7.48. The molecule has 0 heteroatoms. The second-order valence-electron chi connectivity index (χ2n) is 2.64. The van der Waals surface area contributed by atoms with E-state index in [-0.39, 0.29) is 0 Å². The van der Waals surface area contributed by atoms with Crippen LogP contribution >= 0.6 is 0 Å². The Bertz CT molecular complexity index is 109. The topological polar surface area (TPSA) is 0 Å². The fourth-order valence-electron chi connectivity index (χ4n) is 0.781. The van der Waals surface area contributed by atoms with Gasteiger partial charge in [0.25, 0.3) is 0 Å². The van der Waals surface area contributed by atoms with E-state index in [9.17, 15) is 0 Å². The summed E-state index contributed by atoms with van der Waals surface area (Å²) in [5.41, 5.74) is 0.900. The van der Waals surface area contributed by atoms with Crippen molar-refractivity contribution in [2.75, 3.05) is 0 Å². The molecule has 0 fully saturated rings. The maximum atomic E-state index is 5.44. The van der Waals surface area contributed by atoms with Crippen LogP contribution in [-0.4, -0.2) is 0 Å². The van der Waals surface area contributed by atoms with Crippen molar-refractivity contribution in [1.29, 1.82) is 0 Å². The van der Waals surface area contributed by atoms with E-state index in [0.717, 1.165) is 5.57 Å². The Balaban J connectivity index is 3.10. The lowest BCUT2D eigenvalue weighted by Gasteiger charge is -1.90. The van der Waals surface area contributed by atoms with E-state index in [1.807, 2.05) is 13.0 Å². The van der Waals surface area contributed by atoms with Gasteiger partial charge in [0.2, 0.25) is 0 Å². The summed E-state index contributed by atoms with van der Waals surface area (Å²) < 4.78 is 0. The molecule has 0 unspecified atom stereocenters. The van der Waals surface area contributed by atoms with E-state index in [1.165, 1.54) is 25.7 Å². The van der Waals surface area contributed by atoms with Crippen LogP contribution in [0.15, 0.2) is 17.7 Å². The van der Waals surface area contributed by atoms with Crippen LogP contribution < -0.4 is 0 Å². The van der Waals surface area contributed by atoms with Crippen LogP contribution in [0.3, 0.4) is 0 Å². The van der Waals surface area contributed by atoms with Crippen molar-refractivity contribution < 1.29 is 0 Å². The largest absolute Gasteiger partial charge is 0.0843 e. The standard InChI is InChI=1S/C10H17/c1-4-5-6-7-8-9-10(2)3/h2,8-9H,4-7H2,1,3H3. The van der Waals surface area contributed by atoms with Crippen LogP contribution in [0, 0.1) is 6.58 Å². The van der Waals surface area contributed by atoms with Crippen molar-refractivity contribution in [3.05, 3.63) is 24.3 Å². The third-order valence-corrected chi connectivity index (χ3v) is 1.36. The average Bonchev–Trinajstić information content (AvgIpc) is 1.87. The minimum Gasteiger partial charge on any atom is -0.0843 e. The first-order valence-electron chi connectivity index (χ1n) is 4.03. The normalized spacial score (nSPS) is 10.6.